The van der Waals surface area contributed by atoms with Crippen LogP contribution in [0, 0.1) is 0 Å². The zero-order valence-electron chi connectivity index (χ0n) is 16.0. The van der Waals surface area contributed by atoms with Crippen LogP contribution >= 0.6 is 0 Å². The number of hydrogen-bond acceptors (Lipinski definition) is 6. The second-order valence-electron chi connectivity index (χ2n) is 6.31. The molecule has 0 saturated heterocycles. The second kappa shape index (κ2) is 8.51. The monoisotopic (exact) mass is 385 g/mol. The molecule has 3 rings (SSSR count). The van der Waals surface area contributed by atoms with Gasteiger partial charge in [-0.1, -0.05) is 0 Å². The van der Waals surface area contributed by atoms with Crippen molar-refractivity contribution in [3.8, 4) is 17.2 Å². The molecule has 0 saturated carbocycles. The molecule has 148 valence electrons. The lowest BCUT2D eigenvalue weighted by atomic mass is 10.2. The van der Waals surface area contributed by atoms with Crippen LogP contribution in [0.15, 0.2) is 36.4 Å². The third kappa shape index (κ3) is 4.64. The van der Waals surface area contributed by atoms with Crippen molar-refractivity contribution < 1.29 is 23.8 Å². The molecule has 1 aliphatic rings. The fraction of sp³-hybridized carbons (Fsp3) is 0.300. The van der Waals surface area contributed by atoms with Gasteiger partial charge in [-0.3, -0.25) is 9.59 Å². The van der Waals surface area contributed by atoms with Gasteiger partial charge in [0.25, 0.3) is 0 Å². The quantitative estimate of drug-likeness (QED) is 0.707. The third-order valence-electron chi connectivity index (χ3n) is 4.09. The van der Waals surface area contributed by atoms with E-state index in [1.807, 2.05) is 0 Å². The lowest BCUT2D eigenvalue weighted by molar-refractivity contribution is -0.116. The van der Waals surface area contributed by atoms with Gasteiger partial charge in [-0.05, 0) is 37.3 Å². The van der Waals surface area contributed by atoms with Crippen molar-refractivity contribution in [1.82, 2.24) is 0 Å². The summed E-state index contributed by atoms with van der Waals surface area (Å²) in [5, 5.41) is 8.67. The van der Waals surface area contributed by atoms with Crippen molar-refractivity contribution in [3.63, 3.8) is 0 Å². The summed E-state index contributed by atoms with van der Waals surface area (Å²) in [5.41, 5.74) is 1.82. The van der Waals surface area contributed by atoms with Gasteiger partial charge in [-0.25, -0.2) is 0 Å². The summed E-state index contributed by atoms with van der Waals surface area (Å²) in [4.78, 5) is 23.9. The number of carbonyl (C=O) groups is 2. The summed E-state index contributed by atoms with van der Waals surface area (Å²) in [5.74, 6) is 1.42. The Bertz CT molecular complexity index is 884. The van der Waals surface area contributed by atoms with Gasteiger partial charge in [0.1, 0.15) is 25.0 Å². The molecule has 1 aliphatic heterocycles. The molecular formula is C20H23N3O5. The Balaban J connectivity index is 1.69. The number of benzene rings is 2. The zero-order chi connectivity index (χ0) is 20.1. The number of carbonyl (C=O) groups excluding carboxylic acids is 2. The highest BCUT2D eigenvalue weighted by Crippen LogP contribution is 2.33. The lowest BCUT2D eigenvalue weighted by Crippen LogP contribution is -2.32. The Hall–Kier alpha value is -3.42. The first kappa shape index (κ1) is 19.3. The molecule has 2 amide bonds. The van der Waals surface area contributed by atoms with Crippen molar-refractivity contribution >= 4 is 28.9 Å². The van der Waals surface area contributed by atoms with E-state index >= 15 is 0 Å². The summed E-state index contributed by atoms with van der Waals surface area (Å²) in [6.07, 6.45) is 0. The largest absolute Gasteiger partial charge is 0.495 e. The smallest absolute Gasteiger partial charge is 0.246 e. The van der Waals surface area contributed by atoms with E-state index in [0.717, 1.165) is 0 Å². The van der Waals surface area contributed by atoms with Gasteiger partial charge in [-0.15, -0.1) is 0 Å². The topological polar surface area (TPSA) is 97.9 Å². The molecule has 1 heterocycles. The molecule has 0 fully saturated rings. The first-order chi connectivity index (χ1) is 13.5. The Morgan fingerprint density at radius 3 is 2.39 bits per heavy atom. The highest BCUT2D eigenvalue weighted by atomic mass is 16.6. The molecule has 0 aliphatic carbocycles. The van der Waals surface area contributed by atoms with Crippen molar-refractivity contribution in [1.29, 1.82) is 0 Å². The number of fused-ring (bicyclic) bond motifs is 1. The normalized spacial score (nSPS) is 13.2. The van der Waals surface area contributed by atoms with Crippen LogP contribution in [0.2, 0.25) is 0 Å². The number of nitrogens with one attached hydrogen (secondary N) is 3. The van der Waals surface area contributed by atoms with Crippen LogP contribution < -0.4 is 30.2 Å². The number of anilines is 3. The number of amides is 2. The van der Waals surface area contributed by atoms with Crippen LogP contribution in [0.3, 0.4) is 0 Å². The van der Waals surface area contributed by atoms with Crippen LogP contribution in [0.4, 0.5) is 17.1 Å². The third-order valence-corrected chi connectivity index (χ3v) is 4.09. The van der Waals surface area contributed by atoms with Gasteiger partial charge in [-0.2, -0.15) is 0 Å². The molecule has 1 unspecified atom stereocenters. The van der Waals surface area contributed by atoms with Crippen molar-refractivity contribution in [2.24, 2.45) is 0 Å². The van der Waals surface area contributed by atoms with Gasteiger partial charge < -0.3 is 30.2 Å². The van der Waals surface area contributed by atoms with E-state index in [1.165, 1.54) is 6.92 Å². The molecule has 3 N–H and O–H groups in total. The van der Waals surface area contributed by atoms with Crippen molar-refractivity contribution in [2.45, 2.75) is 19.9 Å². The number of rotatable bonds is 6. The molecular weight excluding hydrogens is 362 g/mol. The van der Waals surface area contributed by atoms with Crippen molar-refractivity contribution in [2.75, 3.05) is 36.3 Å². The van der Waals surface area contributed by atoms with Gasteiger partial charge in [0.05, 0.1) is 12.8 Å². The summed E-state index contributed by atoms with van der Waals surface area (Å²) >= 11 is 0. The van der Waals surface area contributed by atoms with E-state index in [-0.39, 0.29) is 11.8 Å². The summed E-state index contributed by atoms with van der Waals surface area (Å²) < 4.78 is 16.3. The average Bonchev–Trinajstić information content (AvgIpc) is 2.67. The Kier molecular flexibility index (Phi) is 5.88. The van der Waals surface area contributed by atoms with Crippen LogP contribution in [0.1, 0.15) is 13.8 Å². The maximum atomic E-state index is 12.6. The Morgan fingerprint density at radius 1 is 1.00 bits per heavy atom. The maximum Gasteiger partial charge on any atom is 0.246 e. The highest BCUT2D eigenvalue weighted by molar-refractivity contribution is 5.97. The van der Waals surface area contributed by atoms with Gasteiger partial charge >= 0.3 is 0 Å². The van der Waals surface area contributed by atoms with Crippen LogP contribution in [-0.2, 0) is 9.59 Å². The fourth-order valence-electron chi connectivity index (χ4n) is 2.77. The highest BCUT2D eigenvalue weighted by Gasteiger charge is 2.17. The minimum Gasteiger partial charge on any atom is -0.495 e. The summed E-state index contributed by atoms with van der Waals surface area (Å²) in [6, 6.07) is 9.86. The molecule has 8 nitrogen and oxygen atoms in total. The van der Waals surface area contributed by atoms with Crippen LogP contribution in [-0.4, -0.2) is 38.2 Å². The zero-order valence-corrected chi connectivity index (χ0v) is 16.0. The molecule has 2 aromatic carbocycles. The Labute approximate surface area is 163 Å². The first-order valence-electron chi connectivity index (χ1n) is 8.89. The van der Waals surface area contributed by atoms with E-state index < -0.39 is 6.04 Å². The van der Waals surface area contributed by atoms with Crippen LogP contribution in [0.5, 0.6) is 17.2 Å². The fourth-order valence-corrected chi connectivity index (χ4v) is 2.77. The van der Waals surface area contributed by atoms with Crippen LogP contribution in [0.25, 0.3) is 0 Å². The summed E-state index contributed by atoms with van der Waals surface area (Å²) in [7, 11) is 1.54. The molecule has 0 radical (unpaired) electrons. The van der Waals surface area contributed by atoms with Gasteiger partial charge in [0, 0.05) is 24.4 Å². The molecule has 2 aromatic rings. The number of ether oxygens (including phenoxy) is 3. The van der Waals surface area contributed by atoms with Crippen molar-refractivity contribution in [3.05, 3.63) is 36.4 Å². The lowest BCUT2D eigenvalue weighted by Gasteiger charge is -2.20. The first-order valence-corrected chi connectivity index (χ1v) is 8.89. The predicted octanol–water partition coefficient (Wildman–Crippen LogP) is 2.86. The Morgan fingerprint density at radius 2 is 1.68 bits per heavy atom. The molecule has 1 atom stereocenters. The van der Waals surface area contributed by atoms with E-state index in [4.69, 9.17) is 14.2 Å². The number of methoxy groups -OCH3 is 1. The summed E-state index contributed by atoms with van der Waals surface area (Å²) in [6.45, 7) is 4.16. The molecule has 0 aromatic heterocycles. The second-order valence-corrected chi connectivity index (χ2v) is 6.31. The molecule has 28 heavy (non-hydrogen) atoms. The van der Waals surface area contributed by atoms with Gasteiger partial charge in [0.15, 0.2) is 11.5 Å². The van der Waals surface area contributed by atoms with Gasteiger partial charge in [0.2, 0.25) is 11.8 Å². The maximum absolute atomic E-state index is 12.6. The molecule has 0 bridgehead atoms. The number of hydrogen-bond donors (Lipinski definition) is 3. The van der Waals surface area contributed by atoms with E-state index in [2.05, 4.69) is 16.0 Å². The average molecular weight is 385 g/mol. The van der Waals surface area contributed by atoms with E-state index in [1.54, 1.807) is 50.4 Å². The van der Waals surface area contributed by atoms with E-state index in [9.17, 15) is 9.59 Å². The predicted molar refractivity (Wildman–Crippen MR) is 106 cm³/mol. The standard InChI is InChI=1S/C20H23N3O5/c1-12(21-16-10-14(22-13(2)24)4-6-17(16)26-3)20(25)23-15-5-7-18-19(11-15)28-9-8-27-18/h4-7,10-12,21H,8-9H2,1-3H3,(H,22,24)(H,23,25). The minimum absolute atomic E-state index is 0.180. The SMILES string of the molecule is COc1ccc(NC(C)=O)cc1NC(C)C(=O)Nc1ccc2c(c1)OCCO2. The van der Waals surface area contributed by atoms with E-state index in [0.29, 0.717) is 47.5 Å². The molecule has 8 heteroatoms. The minimum atomic E-state index is -0.560. The molecule has 0 spiro atoms.